The van der Waals surface area contributed by atoms with Gasteiger partial charge in [-0.15, -0.1) is 0 Å². The Labute approximate surface area is 264 Å². The second-order valence-corrected chi connectivity index (χ2v) is 11.1. The molecule has 0 amide bonds. The lowest BCUT2D eigenvalue weighted by Gasteiger charge is -2.23. The highest BCUT2D eigenvalue weighted by Crippen LogP contribution is 2.32. The van der Waals surface area contributed by atoms with Gasteiger partial charge >= 0.3 is 0 Å². The minimum atomic E-state index is -0.212. The number of carbonyl (C=O) groups excluding carboxylic acids is 1. The van der Waals surface area contributed by atoms with Gasteiger partial charge in [-0.05, 0) is 124 Å². The van der Waals surface area contributed by atoms with Gasteiger partial charge in [0.15, 0.2) is 5.78 Å². The molecular weight excluding hydrogens is 549 g/mol. The summed E-state index contributed by atoms with van der Waals surface area (Å²) in [7, 11) is 0. The zero-order chi connectivity index (χ0) is 32.6. The molecule has 44 heavy (non-hydrogen) atoms. The van der Waals surface area contributed by atoms with E-state index >= 15 is 0 Å². The molecule has 1 aliphatic rings. The van der Waals surface area contributed by atoms with E-state index in [1.807, 2.05) is 44.2 Å². The van der Waals surface area contributed by atoms with Gasteiger partial charge < -0.3 is 15.7 Å². The molecule has 0 atom stereocenters. The van der Waals surface area contributed by atoms with E-state index in [0.29, 0.717) is 33.8 Å². The highest BCUT2D eigenvalue weighted by Gasteiger charge is 2.19. The number of phenolic OH excluding ortho intramolecular Hbond substituents is 1. The van der Waals surface area contributed by atoms with Gasteiger partial charge in [-0.25, -0.2) is 9.38 Å². The number of carbonyl (C=O) groups is 1. The first-order chi connectivity index (χ1) is 21.1. The molecule has 0 bridgehead atoms. The van der Waals surface area contributed by atoms with Crippen LogP contribution in [0.2, 0.25) is 0 Å². The molecule has 2 aromatic rings. The first-order valence-corrected chi connectivity index (χ1v) is 15.6. The van der Waals surface area contributed by atoms with Crippen molar-refractivity contribution in [3.63, 3.8) is 0 Å². The van der Waals surface area contributed by atoms with Crippen LogP contribution in [0.25, 0.3) is 11.1 Å². The van der Waals surface area contributed by atoms with Crippen molar-refractivity contribution in [1.29, 1.82) is 0 Å². The Balaban J connectivity index is 0.00000216. The number of rotatable bonds is 10. The number of hydrogen-bond acceptors (Lipinski definition) is 4. The molecule has 0 aromatic heterocycles. The fourth-order valence-corrected chi connectivity index (χ4v) is 4.81. The number of allylic oxidation sites excluding steroid dienone is 8. The number of Topliss-reactive ketones (excluding diaryl/α,β-unsaturated/α-hetero) is 1. The predicted octanol–water partition coefficient (Wildman–Crippen LogP) is 9.75. The maximum atomic E-state index is 14.9. The van der Waals surface area contributed by atoms with Crippen LogP contribution in [-0.2, 0) is 4.79 Å². The molecule has 3 rings (SSSR count). The monoisotopic (exact) mass is 599 g/mol. The SMILES string of the molecule is C=C(C)C(=C\N=C(C)Nc1ccc(C2CCNCC2)c(F)c1)/C=C(\C(C)=O)c1ccc(C(/C=C\CC)=C/C)cc1O.CCC. The lowest BCUT2D eigenvalue weighted by Crippen LogP contribution is -2.27. The van der Waals surface area contributed by atoms with Crippen LogP contribution in [0, 0.1) is 5.82 Å². The van der Waals surface area contributed by atoms with E-state index in [1.165, 1.54) is 19.4 Å². The number of anilines is 1. The maximum Gasteiger partial charge on any atom is 0.160 e. The molecule has 5 nitrogen and oxygen atoms in total. The van der Waals surface area contributed by atoms with Crippen LogP contribution in [-0.4, -0.2) is 29.8 Å². The van der Waals surface area contributed by atoms with E-state index in [2.05, 4.69) is 49.1 Å². The number of ketones is 1. The Hall–Kier alpha value is -4.03. The summed E-state index contributed by atoms with van der Waals surface area (Å²) < 4.78 is 14.9. The Morgan fingerprint density at radius 1 is 1.11 bits per heavy atom. The van der Waals surface area contributed by atoms with Crippen molar-refractivity contribution in [1.82, 2.24) is 5.32 Å². The highest BCUT2D eigenvalue weighted by atomic mass is 19.1. The minimum Gasteiger partial charge on any atom is -0.507 e. The summed E-state index contributed by atoms with van der Waals surface area (Å²) in [4.78, 5) is 17.2. The molecule has 0 unspecified atom stereocenters. The van der Waals surface area contributed by atoms with Gasteiger partial charge in [-0.3, -0.25) is 4.79 Å². The summed E-state index contributed by atoms with van der Waals surface area (Å²) in [5.41, 5.74) is 5.35. The number of amidine groups is 1. The molecule has 3 N–H and O–H groups in total. The Kier molecular flexibility index (Phi) is 15.3. The van der Waals surface area contributed by atoms with Crippen molar-refractivity contribution in [2.45, 2.75) is 80.1 Å². The van der Waals surface area contributed by atoms with E-state index in [-0.39, 0.29) is 23.3 Å². The molecule has 2 aromatic carbocycles. The van der Waals surface area contributed by atoms with Gasteiger partial charge in [0, 0.05) is 23.0 Å². The van der Waals surface area contributed by atoms with E-state index in [9.17, 15) is 14.3 Å². The van der Waals surface area contributed by atoms with Crippen molar-refractivity contribution < 1.29 is 14.3 Å². The molecule has 1 heterocycles. The van der Waals surface area contributed by atoms with Gasteiger partial charge in [0.25, 0.3) is 0 Å². The molecule has 1 fully saturated rings. The number of piperidine rings is 1. The summed E-state index contributed by atoms with van der Waals surface area (Å²) in [6.45, 7) is 19.2. The second kappa shape index (κ2) is 18.6. The van der Waals surface area contributed by atoms with E-state index < -0.39 is 0 Å². The largest absolute Gasteiger partial charge is 0.507 e. The molecule has 0 aliphatic carbocycles. The van der Waals surface area contributed by atoms with Crippen molar-refractivity contribution in [2.75, 3.05) is 18.4 Å². The summed E-state index contributed by atoms with van der Waals surface area (Å²) in [5.74, 6) is 0.408. The van der Waals surface area contributed by atoms with Crippen LogP contribution in [0.1, 0.15) is 96.8 Å². The highest BCUT2D eigenvalue weighted by molar-refractivity contribution is 6.21. The first-order valence-electron chi connectivity index (χ1n) is 15.6. The van der Waals surface area contributed by atoms with Gasteiger partial charge in [-0.1, -0.05) is 64.1 Å². The zero-order valence-electron chi connectivity index (χ0n) is 27.6. The summed E-state index contributed by atoms with van der Waals surface area (Å²) >= 11 is 0. The number of aromatic hydroxyl groups is 1. The number of nitrogens with zero attached hydrogens (tertiary/aromatic N) is 1. The minimum absolute atomic E-state index is 0.0191. The van der Waals surface area contributed by atoms with Crippen LogP contribution in [0.15, 0.2) is 89.6 Å². The number of nitrogens with one attached hydrogen (secondary N) is 2. The number of halogens is 1. The Morgan fingerprint density at radius 3 is 2.34 bits per heavy atom. The Bertz CT molecular complexity index is 1440. The third-order valence-electron chi connectivity index (χ3n) is 7.14. The lowest BCUT2D eigenvalue weighted by atomic mass is 9.90. The molecule has 6 heteroatoms. The van der Waals surface area contributed by atoms with Gasteiger partial charge in [-0.2, -0.15) is 0 Å². The fraction of sp³-hybridized carbons (Fsp3) is 0.368. The molecule has 0 radical (unpaired) electrons. The molecular formula is C38H50FN3O2. The smallest absolute Gasteiger partial charge is 0.160 e. The number of phenols is 1. The first kappa shape index (κ1) is 36.2. The standard InChI is InChI=1S/C35H42FN3O2.C3H8/c1-7-9-10-26(8-2)28-11-13-32(35(41)20-28)33(24(5)40)19-29(23(3)4)22-38-25(6)39-30-12-14-31(34(36)21-30)27-15-17-37-18-16-27;1-3-2/h8-14,19-22,27,37,41H,3,7,15-18H2,1-2,4-6H3,(H,38,39);3H2,1-2H3/b10-9-,26-8+,29-22-,33-19+;. The molecule has 1 aliphatic heterocycles. The van der Waals surface area contributed by atoms with Crippen LogP contribution < -0.4 is 10.6 Å². The number of aliphatic imine (C=N–C) groups is 1. The maximum absolute atomic E-state index is 14.9. The summed E-state index contributed by atoms with van der Waals surface area (Å²) in [5, 5.41) is 17.3. The zero-order valence-corrected chi connectivity index (χ0v) is 27.6. The second-order valence-electron chi connectivity index (χ2n) is 11.1. The summed E-state index contributed by atoms with van der Waals surface area (Å²) in [6.07, 6.45) is 13.4. The third-order valence-corrected chi connectivity index (χ3v) is 7.14. The normalized spacial score (nSPS) is 15.2. The molecule has 236 valence electrons. The van der Waals surface area contributed by atoms with Crippen molar-refractivity contribution >= 4 is 28.5 Å². The molecule has 0 saturated carbocycles. The topological polar surface area (TPSA) is 73.7 Å². The number of hydrogen-bond donors (Lipinski definition) is 3. The number of benzene rings is 2. The van der Waals surface area contributed by atoms with E-state index in [4.69, 9.17) is 0 Å². The average Bonchev–Trinajstić information content (AvgIpc) is 2.98. The van der Waals surface area contributed by atoms with E-state index in [1.54, 1.807) is 31.3 Å². The van der Waals surface area contributed by atoms with Crippen molar-refractivity contribution in [2.24, 2.45) is 4.99 Å². The van der Waals surface area contributed by atoms with Crippen LogP contribution in [0.5, 0.6) is 5.75 Å². The van der Waals surface area contributed by atoms with Gasteiger partial charge in [0.1, 0.15) is 17.4 Å². The van der Waals surface area contributed by atoms with Crippen LogP contribution in [0.3, 0.4) is 0 Å². The Morgan fingerprint density at radius 2 is 1.80 bits per heavy atom. The van der Waals surface area contributed by atoms with Crippen molar-refractivity contribution in [3.8, 4) is 5.75 Å². The van der Waals surface area contributed by atoms with E-state index in [0.717, 1.165) is 49.1 Å². The predicted molar refractivity (Wildman–Crippen MR) is 187 cm³/mol. The average molecular weight is 600 g/mol. The van der Waals surface area contributed by atoms with Crippen LogP contribution in [0.4, 0.5) is 10.1 Å². The quantitative estimate of drug-likeness (QED) is 0.110. The lowest BCUT2D eigenvalue weighted by molar-refractivity contribution is -0.111. The van der Waals surface area contributed by atoms with Crippen LogP contribution >= 0.6 is 0 Å². The summed E-state index contributed by atoms with van der Waals surface area (Å²) in [6, 6.07) is 10.6. The van der Waals surface area contributed by atoms with Crippen molar-refractivity contribution in [3.05, 3.63) is 107 Å². The molecule has 1 saturated heterocycles. The molecule has 0 spiro atoms. The van der Waals surface area contributed by atoms with Gasteiger partial charge in [0.2, 0.25) is 0 Å². The fourth-order valence-electron chi connectivity index (χ4n) is 4.81. The third kappa shape index (κ3) is 10.9. The van der Waals surface area contributed by atoms with Gasteiger partial charge in [0.05, 0.1) is 0 Å².